The highest BCUT2D eigenvalue weighted by molar-refractivity contribution is 6.74. The van der Waals surface area contributed by atoms with Gasteiger partial charge in [-0.05, 0) is 57.2 Å². The largest absolute Gasteiger partial charge is 0.469 e. The standard InChI is InChI=1S/C31H58O7Si/c1-12-13-14-15-16-17-20-27(24(2)37-25(3)32)28(30(35-8)36-9)23-22-26(19-18-21-29(33)34-7)38-39(10,11)31(4,5)6/h16-17,22-24,26-28,30H,12-15,18-21H2,1-11H3/b17-16-,23-22+/t24?,26-,27-,28-/m0/s1. The molecule has 0 aromatic heterocycles. The van der Waals surface area contributed by atoms with Crippen LogP contribution in [0.25, 0.3) is 0 Å². The van der Waals surface area contributed by atoms with Crippen LogP contribution in [0, 0.1) is 11.8 Å². The number of hydrogen-bond donors (Lipinski definition) is 0. The normalized spacial score (nSPS) is 16.0. The van der Waals surface area contributed by atoms with Crippen molar-refractivity contribution in [1.82, 2.24) is 0 Å². The van der Waals surface area contributed by atoms with Crippen LogP contribution in [0.3, 0.4) is 0 Å². The third-order valence-corrected chi connectivity index (χ3v) is 12.2. The minimum absolute atomic E-state index is 0.0391. The summed E-state index contributed by atoms with van der Waals surface area (Å²) in [5, 5.41) is 0.0391. The molecule has 0 aliphatic heterocycles. The molecule has 7 nitrogen and oxygen atoms in total. The average molecular weight is 571 g/mol. The molecule has 0 rings (SSSR count). The van der Waals surface area contributed by atoms with E-state index in [4.69, 9.17) is 23.4 Å². The van der Waals surface area contributed by atoms with Gasteiger partial charge >= 0.3 is 11.9 Å². The second-order valence-corrected chi connectivity index (χ2v) is 16.6. The number of allylic oxidation sites excluding steroid dienone is 2. The first-order valence-corrected chi connectivity index (χ1v) is 17.5. The van der Waals surface area contributed by atoms with E-state index >= 15 is 0 Å². The van der Waals surface area contributed by atoms with E-state index < -0.39 is 14.6 Å². The summed E-state index contributed by atoms with van der Waals surface area (Å²) in [7, 11) is 2.58. The summed E-state index contributed by atoms with van der Waals surface area (Å²) in [5.41, 5.74) is 0. The third-order valence-electron chi connectivity index (χ3n) is 7.67. The van der Waals surface area contributed by atoms with Crippen molar-refractivity contribution in [2.24, 2.45) is 11.8 Å². The van der Waals surface area contributed by atoms with E-state index in [9.17, 15) is 9.59 Å². The predicted molar refractivity (Wildman–Crippen MR) is 161 cm³/mol. The number of ether oxygens (including phenoxy) is 4. The van der Waals surface area contributed by atoms with Crippen molar-refractivity contribution in [2.45, 2.75) is 130 Å². The summed E-state index contributed by atoms with van der Waals surface area (Å²) >= 11 is 0. The minimum Gasteiger partial charge on any atom is -0.469 e. The highest BCUT2D eigenvalue weighted by Gasteiger charge is 2.39. The molecule has 0 amide bonds. The topological polar surface area (TPSA) is 80.3 Å². The third kappa shape index (κ3) is 15.2. The lowest BCUT2D eigenvalue weighted by Gasteiger charge is -2.39. The molecule has 0 aliphatic rings. The molecule has 0 aromatic rings. The number of carbonyl (C=O) groups is 2. The van der Waals surface area contributed by atoms with Crippen LogP contribution in [-0.2, 0) is 33.0 Å². The zero-order valence-corrected chi connectivity index (χ0v) is 27.7. The Morgan fingerprint density at radius 2 is 1.59 bits per heavy atom. The summed E-state index contributed by atoms with van der Waals surface area (Å²) in [6.45, 7) is 16.7. The van der Waals surface area contributed by atoms with Crippen LogP contribution in [0.15, 0.2) is 24.3 Å². The van der Waals surface area contributed by atoms with E-state index in [1.54, 1.807) is 14.2 Å². The van der Waals surface area contributed by atoms with E-state index in [0.717, 1.165) is 19.3 Å². The van der Waals surface area contributed by atoms with Gasteiger partial charge in [-0.15, -0.1) is 0 Å². The van der Waals surface area contributed by atoms with Crippen molar-refractivity contribution in [3.63, 3.8) is 0 Å². The Morgan fingerprint density at radius 1 is 0.949 bits per heavy atom. The smallest absolute Gasteiger partial charge is 0.305 e. The van der Waals surface area contributed by atoms with Crippen LogP contribution in [0.1, 0.15) is 92.9 Å². The van der Waals surface area contributed by atoms with Gasteiger partial charge in [-0.2, -0.15) is 0 Å². The van der Waals surface area contributed by atoms with Crippen LogP contribution in [0.2, 0.25) is 18.1 Å². The summed E-state index contributed by atoms with van der Waals surface area (Å²) in [5.74, 6) is -0.792. The van der Waals surface area contributed by atoms with Gasteiger partial charge in [-0.3, -0.25) is 9.59 Å². The Hall–Kier alpha value is -1.48. The molecule has 0 saturated carbocycles. The molecular weight excluding hydrogens is 512 g/mol. The Morgan fingerprint density at radius 3 is 2.10 bits per heavy atom. The quantitative estimate of drug-likeness (QED) is 0.0490. The fourth-order valence-corrected chi connectivity index (χ4v) is 5.60. The van der Waals surface area contributed by atoms with Gasteiger partial charge in [0, 0.05) is 39.4 Å². The summed E-state index contributed by atoms with van der Waals surface area (Å²) in [6, 6.07) is 0. The fraction of sp³-hybridized carbons (Fsp3) is 0.806. The molecule has 0 fully saturated rings. The van der Waals surface area contributed by atoms with Gasteiger partial charge in [0.05, 0.1) is 13.2 Å². The van der Waals surface area contributed by atoms with Crippen LogP contribution >= 0.6 is 0 Å². The molecule has 39 heavy (non-hydrogen) atoms. The molecule has 228 valence electrons. The van der Waals surface area contributed by atoms with E-state index in [2.05, 4.69) is 65.1 Å². The predicted octanol–water partition coefficient (Wildman–Crippen LogP) is 7.61. The number of carbonyl (C=O) groups excluding carboxylic acids is 2. The van der Waals surface area contributed by atoms with Gasteiger partial charge in [0.2, 0.25) is 0 Å². The minimum atomic E-state index is -2.09. The van der Waals surface area contributed by atoms with Crippen LogP contribution in [0.5, 0.6) is 0 Å². The van der Waals surface area contributed by atoms with Gasteiger partial charge in [-0.25, -0.2) is 0 Å². The molecule has 4 atom stereocenters. The van der Waals surface area contributed by atoms with E-state index in [1.807, 2.05) is 6.92 Å². The Balaban J connectivity index is 6.19. The first-order valence-electron chi connectivity index (χ1n) is 14.5. The van der Waals surface area contributed by atoms with Gasteiger partial charge in [0.1, 0.15) is 6.10 Å². The van der Waals surface area contributed by atoms with Crippen LogP contribution in [0.4, 0.5) is 0 Å². The SMILES string of the molecule is CCCCC/C=C\C[C@@H](C(C)OC(C)=O)[C@H](/C=C/[C@H](CCCC(=O)OC)O[Si](C)(C)C(C)(C)C)C(OC)OC. The van der Waals surface area contributed by atoms with Gasteiger partial charge in [0.15, 0.2) is 14.6 Å². The van der Waals surface area contributed by atoms with E-state index in [1.165, 1.54) is 26.9 Å². The molecule has 0 saturated heterocycles. The second-order valence-electron chi connectivity index (χ2n) is 11.9. The van der Waals surface area contributed by atoms with Gasteiger partial charge in [0.25, 0.3) is 0 Å². The lowest BCUT2D eigenvalue weighted by molar-refractivity contribution is -0.162. The first-order chi connectivity index (χ1) is 18.2. The maximum absolute atomic E-state index is 11.9. The Bertz CT molecular complexity index is 738. The number of hydrogen-bond acceptors (Lipinski definition) is 7. The molecule has 0 radical (unpaired) electrons. The summed E-state index contributed by atoms with van der Waals surface area (Å²) in [4.78, 5) is 23.6. The molecule has 0 heterocycles. The molecule has 8 heteroatoms. The molecule has 1 unspecified atom stereocenters. The lowest BCUT2D eigenvalue weighted by atomic mass is 9.83. The monoisotopic (exact) mass is 570 g/mol. The molecule has 0 bridgehead atoms. The fourth-order valence-electron chi connectivity index (χ4n) is 4.29. The van der Waals surface area contributed by atoms with E-state index in [-0.39, 0.29) is 41.0 Å². The molecule has 0 spiro atoms. The Labute approximate surface area is 240 Å². The maximum Gasteiger partial charge on any atom is 0.305 e. The van der Waals surface area contributed by atoms with Crippen molar-refractivity contribution in [3.8, 4) is 0 Å². The molecule has 0 N–H and O–H groups in total. The highest BCUT2D eigenvalue weighted by Crippen LogP contribution is 2.38. The molecular formula is C31H58O7Si. The number of methoxy groups -OCH3 is 3. The van der Waals surface area contributed by atoms with Crippen LogP contribution < -0.4 is 0 Å². The second kappa shape index (κ2) is 19.6. The van der Waals surface area contributed by atoms with Crippen molar-refractivity contribution in [3.05, 3.63) is 24.3 Å². The lowest BCUT2D eigenvalue weighted by Crippen LogP contribution is -2.43. The van der Waals surface area contributed by atoms with Crippen molar-refractivity contribution in [1.29, 1.82) is 0 Å². The van der Waals surface area contributed by atoms with Crippen molar-refractivity contribution in [2.75, 3.05) is 21.3 Å². The Kier molecular flexibility index (Phi) is 18.8. The maximum atomic E-state index is 11.9. The van der Waals surface area contributed by atoms with Gasteiger partial charge < -0.3 is 23.4 Å². The zero-order chi connectivity index (χ0) is 30.1. The van der Waals surface area contributed by atoms with Gasteiger partial charge in [-0.1, -0.05) is 64.8 Å². The van der Waals surface area contributed by atoms with Crippen molar-refractivity contribution < 1.29 is 33.0 Å². The number of rotatable bonds is 20. The number of unbranched alkanes of at least 4 members (excludes halogenated alkanes) is 3. The summed E-state index contributed by atoms with van der Waals surface area (Å²) in [6.07, 6.45) is 14.6. The summed E-state index contributed by atoms with van der Waals surface area (Å²) < 4.78 is 28.8. The first kappa shape index (κ1) is 37.5. The zero-order valence-electron chi connectivity index (χ0n) is 26.7. The molecule has 0 aliphatic carbocycles. The van der Waals surface area contributed by atoms with Crippen molar-refractivity contribution >= 4 is 20.3 Å². The van der Waals surface area contributed by atoms with E-state index in [0.29, 0.717) is 19.3 Å². The molecule has 0 aromatic carbocycles. The van der Waals surface area contributed by atoms with Crippen LogP contribution in [-0.4, -0.2) is 60.1 Å². The number of esters is 2. The average Bonchev–Trinajstić information content (AvgIpc) is 2.84. The highest BCUT2D eigenvalue weighted by atomic mass is 28.4.